The van der Waals surface area contributed by atoms with E-state index in [9.17, 15) is 9.59 Å². The molecule has 2 aromatic rings. The topological polar surface area (TPSA) is 74.8 Å². The lowest BCUT2D eigenvalue weighted by Gasteiger charge is -2.36. The van der Waals surface area contributed by atoms with Crippen molar-refractivity contribution in [2.45, 2.75) is 26.4 Å². The van der Waals surface area contributed by atoms with Crippen LogP contribution in [0.1, 0.15) is 42.4 Å². The van der Waals surface area contributed by atoms with E-state index in [0.29, 0.717) is 37.7 Å². The Morgan fingerprint density at radius 1 is 1.23 bits per heavy atom. The summed E-state index contributed by atoms with van der Waals surface area (Å²) in [5, 5.41) is 3.85. The minimum atomic E-state index is -0.260. The molecule has 2 amide bonds. The SMILES string of the molecule is CC(C)CNC(=O)c1cc(C2CN(CC(=O)N3CCC3)CCO2)nc2ccccc12. The van der Waals surface area contributed by atoms with E-state index in [1.54, 1.807) is 0 Å². The molecule has 2 fully saturated rings. The summed E-state index contributed by atoms with van der Waals surface area (Å²) >= 11 is 0. The Labute approximate surface area is 177 Å². The lowest BCUT2D eigenvalue weighted by Crippen LogP contribution is -2.49. The Hall–Kier alpha value is -2.51. The summed E-state index contributed by atoms with van der Waals surface area (Å²) in [6.07, 6.45) is 0.837. The van der Waals surface area contributed by atoms with Crippen LogP contribution in [0.4, 0.5) is 0 Å². The number of nitrogens with one attached hydrogen (secondary N) is 1. The minimum absolute atomic E-state index is 0.0934. The number of aromatic nitrogens is 1. The Kier molecular flexibility index (Phi) is 6.29. The molecule has 0 saturated carbocycles. The molecular weight excluding hydrogens is 380 g/mol. The molecule has 2 aliphatic heterocycles. The van der Waals surface area contributed by atoms with Gasteiger partial charge in [-0.25, -0.2) is 4.98 Å². The Balaban J connectivity index is 1.55. The zero-order valence-electron chi connectivity index (χ0n) is 17.8. The third-order valence-electron chi connectivity index (χ3n) is 5.70. The van der Waals surface area contributed by atoms with Gasteiger partial charge in [0, 0.05) is 38.1 Å². The molecule has 1 aromatic carbocycles. The van der Waals surface area contributed by atoms with E-state index < -0.39 is 0 Å². The first-order valence-electron chi connectivity index (χ1n) is 10.8. The number of morpholine rings is 1. The molecular formula is C23H30N4O3. The zero-order valence-corrected chi connectivity index (χ0v) is 17.8. The van der Waals surface area contributed by atoms with Crippen LogP contribution in [0.2, 0.25) is 0 Å². The van der Waals surface area contributed by atoms with Crippen LogP contribution >= 0.6 is 0 Å². The molecule has 160 valence electrons. The van der Waals surface area contributed by atoms with E-state index in [4.69, 9.17) is 9.72 Å². The van der Waals surface area contributed by atoms with Crippen molar-refractivity contribution < 1.29 is 14.3 Å². The highest BCUT2D eigenvalue weighted by Gasteiger charge is 2.28. The first-order valence-corrected chi connectivity index (χ1v) is 10.8. The molecule has 0 bridgehead atoms. The fourth-order valence-electron chi connectivity index (χ4n) is 3.82. The molecule has 7 heteroatoms. The zero-order chi connectivity index (χ0) is 21.1. The van der Waals surface area contributed by atoms with E-state index in [1.807, 2.05) is 35.2 Å². The van der Waals surface area contributed by atoms with Gasteiger partial charge in [-0.2, -0.15) is 0 Å². The molecule has 0 radical (unpaired) electrons. The molecule has 1 atom stereocenters. The van der Waals surface area contributed by atoms with Crippen LogP contribution in [-0.2, 0) is 9.53 Å². The average molecular weight is 411 g/mol. The number of para-hydroxylation sites is 1. The van der Waals surface area contributed by atoms with E-state index in [2.05, 4.69) is 24.1 Å². The van der Waals surface area contributed by atoms with Crippen molar-refractivity contribution in [3.8, 4) is 0 Å². The maximum absolute atomic E-state index is 12.9. The maximum atomic E-state index is 12.9. The van der Waals surface area contributed by atoms with Gasteiger partial charge in [-0.05, 0) is 24.5 Å². The van der Waals surface area contributed by atoms with Crippen molar-refractivity contribution in [3.63, 3.8) is 0 Å². The highest BCUT2D eigenvalue weighted by Crippen LogP contribution is 2.26. The number of benzene rings is 1. The van der Waals surface area contributed by atoms with Gasteiger partial charge >= 0.3 is 0 Å². The van der Waals surface area contributed by atoms with Gasteiger partial charge in [0.15, 0.2) is 0 Å². The van der Waals surface area contributed by atoms with Crippen molar-refractivity contribution in [1.29, 1.82) is 0 Å². The number of carbonyl (C=O) groups excluding carboxylic acids is 2. The van der Waals surface area contributed by atoms with Crippen LogP contribution in [0, 0.1) is 5.92 Å². The number of pyridine rings is 1. The molecule has 4 rings (SSSR count). The van der Waals surface area contributed by atoms with Crippen molar-refractivity contribution >= 4 is 22.7 Å². The summed E-state index contributed by atoms with van der Waals surface area (Å²) in [7, 11) is 0. The maximum Gasteiger partial charge on any atom is 0.252 e. The molecule has 3 heterocycles. The van der Waals surface area contributed by atoms with Crippen LogP contribution in [0.5, 0.6) is 0 Å². The van der Waals surface area contributed by atoms with Crippen LogP contribution in [0.3, 0.4) is 0 Å². The van der Waals surface area contributed by atoms with Gasteiger partial charge in [-0.15, -0.1) is 0 Å². The third kappa shape index (κ3) is 4.63. The largest absolute Gasteiger partial charge is 0.369 e. The highest BCUT2D eigenvalue weighted by atomic mass is 16.5. The molecule has 30 heavy (non-hydrogen) atoms. The summed E-state index contributed by atoms with van der Waals surface area (Å²) in [5.41, 5.74) is 2.14. The van der Waals surface area contributed by atoms with Gasteiger partial charge in [0.05, 0.1) is 29.9 Å². The number of nitrogens with zero attached hydrogens (tertiary/aromatic N) is 3. The molecule has 2 saturated heterocycles. The van der Waals surface area contributed by atoms with E-state index in [-0.39, 0.29) is 17.9 Å². The number of hydrogen-bond acceptors (Lipinski definition) is 5. The predicted octanol–water partition coefficient (Wildman–Crippen LogP) is 2.23. The second kappa shape index (κ2) is 9.10. The summed E-state index contributed by atoms with van der Waals surface area (Å²) in [6, 6.07) is 9.55. The van der Waals surface area contributed by atoms with Gasteiger partial charge < -0.3 is 15.0 Å². The van der Waals surface area contributed by atoms with Crippen LogP contribution < -0.4 is 5.32 Å². The van der Waals surface area contributed by atoms with Crippen molar-refractivity contribution in [2.24, 2.45) is 5.92 Å². The lowest BCUT2D eigenvalue weighted by molar-refractivity contribution is -0.137. The fraction of sp³-hybridized carbons (Fsp3) is 0.522. The summed E-state index contributed by atoms with van der Waals surface area (Å²) in [4.78, 5) is 34.1. The smallest absolute Gasteiger partial charge is 0.252 e. The Morgan fingerprint density at radius 3 is 2.77 bits per heavy atom. The van der Waals surface area contributed by atoms with E-state index in [1.165, 1.54) is 0 Å². The second-order valence-corrected chi connectivity index (χ2v) is 8.54. The van der Waals surface area contributed by atoms with Crippen LogP contribution in [0.15, 0.2) is 30.3 Å². The van der Waals surface area contributed by atoms with E-state index in [0.717, 1.165) is 42.7 Å². The number of fused-ring (bicyclic) bond motifs is 1. The molecule has 2 aliphatic rings. The Morgan fingerprint density at radius 2 is 2.03 bits per heavy atom. The standard InChI is InChI=1S/C23H30N4O3/c1-16(2)13-24-23(29)18-12-20(25-19-7-4-3-6-17(18)19)21-14-26(10-11-30-21)15-22(28)27-8-5-9-27/h3-4,6-7,12,16,21H,5,8-11,13-15H2,1-2H3,(H,24,29). The van der Waals surface area contributed by atoms with Gasteiger partial charge in [-0.3, -0.25) is 14.5 Å². The predicted molar refractivity (Wildman–Crippen MR) is 115 cm³/mol. The van der Waals surface area contributed by atoms with Crippen LogP contribution in [0.25, 0.3) is 10.9 Å². The molecule has 0 aliphatic carbocycles. The first kappa shape index (κ1) is 20.8. The number of amides is 2. The number of hydrogen-bond donors (Lipinski definition) is 1. The summed E-state index contributed by atoms with van der Waals surface area (Å²) in [6.45, 7) is 8.78. The van der Waals surface area contributed by atoms with Crippen molar-refractivity contribution in [3.05, 3.63) is 41.6 Å². The summed E-state index contributed by atoms with van der Waals surface area (Å²) in [5.74, 6) is 0.465. The minimum Gasteiger partial charge on any atom is -0.369 e. The van der Waals surface area contributed by atoms with Gasteiger partial charge in [0.25, 0.3) is 5.91 Å². The first-order chi connectivity index (χ1) is 14.5. The lowest BCUT2D eigenvalue weighted by atomic mass is 10.0. The molecule has 7 nitrogen and oxygen atoms in total. The Bertz CT molecular complexity index is 926. The monoisotopic (exact) mass is 410 g/mol. The number of carbonyl (C=O) groups is 2. The molecule has 1 unspecified atom stereocenters. The number of rotatable bonds is 6. The quantitative estimate of drug-likeness (QED) is 0.791. The second-order valence-electron chi connectivity index (χ2n) is 8.54. The molecule has 0 spiro atoms. The van der Waals surface area contributed by atoms with Crippen LogP contribution in [-0.4, -0.2) is 72.5 Å². The highest BCUT2D eigenvalue weighted by molar-refractivity contribution is 6.06. The van der Waals surface area contributed by atoms with E-state index >= 15 is 0 Å². The molecule has 1 aromatic heterocycles. The number of ether oxygens (including phenoxy) is 1. The van der Waals surface area contributed by atoms with Gasteiger partial charge in [0.1, 0.15) is 6.10 Å². The third-order valence-corrected chi connectivity index (χ3v) is 5.70. The molecule has 1 N–H and O–H groups in total. The fourth-order valence-corrected chi connectivity index (χ4v) is 3.82. The normalized spacial score (nSPS) is 19.7. The van der Waals surface area contributed by atoms with Gasteiger partial charge in [-0.1, -0.05) is 32.0 Å². The average Bonchev–Trinajstić information content (AvgIpc) is 2.70. The van der Waals surface area contributed by atoms with Gasteiger partial charge in [0.2, 0.25) is 5.91 Å². The number of likely N-dealkylation sites (tertiary alicyclic amines) is 1. The summed E-state index contributed by atoms with van der Waals surface area (Å²) < 4.78 is 6.00. The van der Waals surface area contributed by atoms with Crippen molar-refractivity contribution in [1.82, 2.24) is 20.1 Å². The van der Waals surface area contributed by atoms with Crippen molar-refractivity contribution in [2.75, 3.05) is 45.9 Å².